The summed E-state index contributed by atoms with van der Waals surface area (Å²) in [6, 6.07) is 12.1. The second-order valence-corrected chi connectivity index (χ2v) is 4.23. The topological polar surface area (TPSA) is 76.7 Å². The number of halogens is 1. The van der Waals surface area contributed by atoms with Crippen molar-refractivity contribution in [1.29, 1.82) is 0 Å². The van der Waals surface area contributed by atoms with Crippen LogP contribution in [0.1, 0.15) is 12.5 Å². The van der Waals surface area contributed by atoms with Crippen molar-refractivity contribution in [2.24, 2.45) is 10.8 Å². The molecule has 21 heavy (non-hydrogen) atoms. The quantitative estimate of drug-likeness (QED) is 0.670. The first-order valence-corrected chi connectivity index (χ1v) is 6.19. The molecule has 0 spiro atoms. The summed E-state index contributed by atoms with van der Waals surface area (Å²) in [5, 5.41) is 3.86. The largest absolute Gasteiger partial charge is 0.457 e. The Morgan fingerprint density at radius 1 is 1.19 bits per heavy atom. The Balaban J connectivity index is 2.26. The smallest absolute Gasteiger partial charge is 0.332 e. The minimum Gasteiger partial charge on any atom is -0.457 e. The molecule has 5 nitrogen and oxygen atoms in total. The van der Waals surface area contributed by atoms with Crippen LogP contribution in [-0.2, 0) is 0 Å². The van der Waals surface area contributed by atoms with Crippen LogP contribution in [0.5, 0.6) is 11.5 Å². The molecule has 0 aliphatic heterocycles. The molecule has 0 saturated carbocycles. The predicted octanol–water partition coefficient (Wildman–Crippen LogP) is 3.01. The van der Waals surface area contributed by atoms with E-state index in [0.29, 0.717) is 22.8 Å². The molecule has 3 N–H and O–H groups in total. The Labute approximate surface area is 121 Å². The zero-order valence-corrected chi connectivity index (χ0v) is 11.3. The normalized spacial score (nSPS) is 11.0. The van der Waals surface area contributed by atoms with E-state index in [0.717, 1.165) is 0 Å². The zero-order chi connectivity index (χ0) is 15.2. The Morgan fingerprint density at radius 2 is 1.86 bits per heavy atom. The number of hydrazone groups is 1. The molecule has 0 aliphatic rings. The van der Waals surface area contributed by atoms with Crippen LogP contribution in [0.3, 0.4) is 0 Å². The van der Waals surface area contributed by atoms with Gasteiger partial charge in [0.1, 0.15) is 17.3 Å². The number of carbonyl (C=O) groups excluding carboxylic acids is 1. The fourth-order valence-electron chi connectivity index (χ4n) is 1.68. The molecule has 0 aliphatic carbocycles. The first-order valence-electron chi connectivity index (χ1n) is 6.19. The van der Waals surface area contributed by atoms with Crippen molar-refractivity contribution >= 4 is 11.7 Å². The van der Waals surface area contributed by atoms with E-state index >= 15 is 0 Å². The number of nitrogens with two attached hydrogens (primary N) is 1. The molecular weight excluding hydrogens is 273 g/mol. The number of nitrogens with zero attached hydrogens (tertiary/aromatic N) is 1. The van der Waals surface area contributed by atoms with Gasteiger partial charge in [-0.15, -0.1) is 0 Å². The number of hydrogen-bond donors (Lipinski definition) is 2. The van der Waals surface area contributed by atoms with Gasteiger partial charge in [-0.05, 0) is 43.3 Å². The molecule has 2 aromatic carbocycles. The molecule has 0 saturated heterocycles. The molecule has 0 bridgehead atoms. The second kappa shape index (κ2) is 6.51. The van der Waals surface area contributed by atoms with Crippen LogP contribution in [0.15, 0.2) is 53.6 Å². The molecule has 0 fully saturated rings. The van der Waals surface area contributed by atoms with E-state index in [2.05, 4.69) is 10.5 Å². The van der Waals surface area contributed by atoms with Gasteiger partial charge in [-0.25, -0.2) is 14.6 Å². The number of urea groups is 1. The van der Waals surface area contributed by atoms with Crippen LogP contribution in [0.2, 0.25) is 0 Å². The molecule has 0 radical (unpaired) electrons. The molecule has 108 valence electrons. The van der Waals surface area contributed by atoms with Gasteiger partial charge in [-0.1, -0.05) is 12.1 Å². The maximum absolute atomic E-state index is 12.9. The fourth-order valence-corrected chi connectivity index (χ4v) is 1.68. The number of amides is 2. The first-order chi connectivity index (χ1) is 10.1. The Hall–Kier alpha value is -2.89. The summed E-state index contributed by atoms with van der Waals surface area (Å²) in [7, 11) is 0. The first kappa shape index (κ1) is 14.5. The standard InChI is InChI=1S/C15H14FN3O2/c1-10(18-19-15(17)20)13-4-2-3-5-14(13)21-12-8-6-11(16)7-9-12/h2-9H,1H3,(H3,17,19,20)/b18-10+. The van der Waals surface area contributed by atoms with Crippen molar-refractivity contribution in [2.75, 3.05) is 0 Å². The van der Waals surface area contributed by atoms with E-state index in [-0.39, 0.29) is 5.82 Å². The van der Waals surface area contributed by atoms with Crippen molar-refractivity contribution in [3.8, 4) is 11.5 Å². The molecule has 2 aromatic rings. The van der Waals surface area contributed by atoms with Crippen LogP contribution in [0, 0.1) is 5.82 Å². The lowest BCUT2D eigenvalue weighted by Crippen LogP contribution is -2.25. The third kappa shape index (κ3) is 4.04. The number of ether oxygens (including phenoxy) is 1. The van der Waals surface area contributed by atoms with Gasteiger partial charge in [-0.2, -0.15) is 5.10 Å². The van der Waals surface area contributed by atoms with Crippen molar-refractivity contribution in [2.45, 2.75) is 6.92 Å². The number of hydrogen-bond acceptors (Lipinski definition) is 3. The zero-order valence-electron chi connectivity index (χ0n) is 11.3. The second-order valence-electron chi connectivity index (χ2n) is 4.23. The lowest BCUT2D eigenvalue weighted by Gasteiger charge is -2.10. The van der Waals surface area contributed by atoms with Gasteiger partial charge in [0.05, 0.1) is 5.71 Å². The number of primary amides is 1. The summed E-state index contributed by atoms with van der Waals surface area (Å²) in [4.78, 5) is 10.7. The van der Waals surface area contributed by atoms with Crippen molar-refractivity contribution in [3.05, 3.63) is 59.9 Å². The van der Waals surface area contributed by atoms with E-state index in [9.17, 15) is 9.18 Å². The Morgan fingerprint density at radius 3 is 2.52 bits per heavy atom. The van der Waals surface area contributed by atoms with E-state index in [1.807, 2.05) is 6.07 Å². The summed E-state index contributed by atoms with van der Waals surface area (Å²) in [5.41, 5.74) is 8.36. The van der Waals surface area contributed by atoms with Gasteiger partial charge in [0, 0.05) is 5.56 Å². The third-order valence-corrected chi connectivity index (χ3v) is 2.65. The van der Waals surface area contributed by atoms with E-state index in [1.165, 1.54) is 24.3 Å². The Bertz CT molecular complexity index is 669. The summed E-state index contributed by atoms with van der Waals surface area (Å²) in [6.45, 7) is 1.71. The minimum atomic E-state index is -0.744. The van der Waals surface area contributed by atoms with Crippen molar-refractivity contribution in [3.63, 3.8) is 0 Å². The summed E-state index contributed by atoms with van der Waals surface area (Å²) < 4.78 is 18.6. The van der Waals surface area contributed by atoms with Gasteiger partial charge >= 0.3 is 6.03 Å². The molecule has 0 unspecified atom stereocenters. The van der Waals surface area contributed by atoms with Gasteiger partial charge in [-0.3, -0.25) is 0 Å². The average molecular weight is 287 g/mol. The highest BCUT2D eigenvalue weighted by Gasteiger charge is 2.08. The van der Waals surface area contributed by atoms with Crippen LogP contribution in [0.4, 0.5) is 9.18 Å². The van der Waals surface area contributed by atoms with Crippen LogP contribution in [0.25, 0.3) is 0 Å². The van der Waals surface area contributed by atoms with Crippen molar-refractivity contribution < 1.29 is 13.9 Å². The number of para-hydroxylation sites is 1. The maximum atomic E-state index is 12.9. The molecule has 6 heteroatoms. The van der Waals surface area contributed by atoms with Gasteiger partial charge in [0.25, 0.3) is 0 Å². The highest BCUT2D eigenvalue weighted by Crippen LogP contribution is 2.25. The molecule has 0 aromatic heterocycles. The number of carbonyl (C=O) groups is 1. The fraction of sp³-hybridized carbons (Fsp3) is 0.0667. The minimum absolute atomic E-state index is 0.334. The van der Waals surface area contributed by atoms with Crippen LogP contribution >= 0.6 is 0 Å². The van der Waals surface area contributed by atoms with E-state index < -0.39 is 6.03 Å². The maximum Gasteiger partial charge on any atom is 0.332 e. The predicted molar refractivity (Wildman–Crippen MR) is 77.8 cm³/mol. The molecule has 0 atom stereocenters. The summed E-state index contributed by atoms with van der Waals surface area (Å²) in [6.07, 6.45) is 0. The van der Waals surface area contributed by atoms with Crippen LogP contribution < -0.4 is 15.9 Å². The molecule has 0 heterocycles. The Kier molecular flexibility index (Phi) is 4.50. The van der Waals surface area contributed by atoms with Crippen LogP contribution in [-0.4, -0.2) is 11.7 Å². The molecule has 2 amide bonds. The summed E-state index contributed by atoms with van der Waals surface area (Å²) >= 11 is 0. The lowest BCUT2D eigenvalue weighted by molar-refractivity contribution is 0.249. The average Bonchev–Trinajstić information content (AvgIpc) is 2.48. The number of benzene rings is 2. The third-order valence-electron chi connectivity index (χ3n) is 2.65. The number of nitrogens with one attached hydrogen (secondary N) is 1. The van der Waals surface area contributed by atoms with Gasteiger partial charge in [0.15, 0.2) is 0 Å². The highest BCUT2D eigenvalue weighted by molar-refractivity contribution is 6.01. The van der Waals surface area contributed by atoms with Gasteiger partial charge in [0.2, 0.25) is 0 Å². The van der Waals surface area contributed by atoms with Gasteiger partial charge < -0.3 is 10.5 Å². The monoisotopic (exact) mass is 287 g/mol. The van der Waals surface area contributed by atoms with E-state index in [4.69, 9.17) is 10.5 Å². The molecule has 2 rings (SSSR count). The van der Waals surface area contributed by atoms with Crippen molar-refractivity contribution in [1.82, 2.24) is 5.43 Å². The summed E-state index contributed by atoms with van der Waals surface area (Å²) in [5.74, 6) is 0.704. The van der Waals surface area contributed by atoms with E-state index in [1.54, 1.807) is 25.1 Å². The number of rotatable bonds is 4. The molecular formula is C15H14FN3O2. The highest BCUT2D eigenvalue weighted by atomic mass is 19.1. The lowest BCUT2D eigenvalue weighted by atomic mass is 10.1. The SMILES string of the molecule is C/C(=N\NC(N)=O)c1ccccc1Oc1ccc(F)cc1.